The summed E-state index contributed by atoms with van der Waals surface area (Å²) in [7, 11) is 0. The van der Waals surface area contributed by atoms with Crippen LogP contribution >= 0.6 is 0 Å². The first-order chi connectivity index (χ1) is 15.6. The Morgan fingerprint density at radius 1 is 0.848 bits per heavy atom. The van der Waals surface area contributed by atoms with Gasteiger partial charge in [-0.15, -0.1) is 0 Å². The molecule has 0 N–H and O–H groups in total. The average molecular weight is 483 g/mol. The van der Waals surface area contributed by atoms with Crippen LogP contribution < -0.4 is 4.74 Å². The second-order valence-corrected chi connectivity index (χ2v) is 9.06. The van der Waals surface area contributed by atoms with Crippen LogP contribution in [0.1, 0.15) is 69.8 Å². The lowest BCUT2D eigenvalue weighted by Crippen LogP contribution is -2.45. The molecule has 0 amide bonds. The zero-order chi connectivity index (χ0) is 24.1. The van der Waals surface area contributed by atoms with E-state index in [4.69, 9.17) is 9.47 Å². The fourth-order valence-electron chi connectivity index (χ4n) is 5.09. The van der Waals surface area contributed by atoms with Crippen molar-refractivity contribution in [2.75, 3.05) is 13.4 Å². The number of ether oxygens (including phenoxy) is 3. The van der Waals surface area contributed by atoms with Gasteiger partial charge in [-0.1, -0.05) is 12.1 Å². The molecular formula is C24H32F6O3. The summed E-state index contributed by atoms with van der Waals surface area (Å²) in [4.78, 5) is 0. The van der Waals surface area contributed by atoms with Crippen LogP contribution in [0.4, 0.5) is 26.3 Å². The van der Waals surface area contributed by atoms with E-state index in [1.54, 1.807) is 12.1 Å². The van der Waals surface area contributed by atoms with Gasteiger partial charge in [0.1, 0.15) is 12.5 Å². The van der Waals surface area contributed by atoms with Crippen molar-refractivity contribution >= 4 is 0 Å². The van der Waals surface area contributed by atoms with Crippen molar-refractivity contribution in [2.24, 2.45) is 11.8 Å². The standard InChI is InChI=1S/C24H32F6O3/c1-2-31-15-32-20-11-7-18(8-12-20)16-3-5-17(6-4-16)19-9-13-21(14-10-19)33-24(29,30)22(25)23(26,27)28/h9-10,13-14,16-18,20,22H,2-8,11-12,15H2,1H3. The van der Waals surface area contributed by atoms with E-state index in [2.05, 4.69) is 4.74 Å². The van der Waals surface area contributed by atoms with Crippen LogP contribution in [0.5, 0.6) is 5.75 Å². The maximum absolute atomic E-state index is 13.4. The first kappa shape index (κ1) is 26.1. The van der Waals surface area contributed by atoms with Crippen LogP contribution in [-0.2, 0) is 9.47 Å². The maximum Gasteiger partial charge on any atom is 0.439 e. The summed E-state index contributed by atoms with van der Waals surface area (Å²) in [5.41, 5.74) is 0.935. The Morgan fingerprint density at radius 2 is 1.39 bits per heavy atom. The number of rotatable bonds is 9. The zero-order valence-corrected chi connectivity index (χ0v) is 18.8. The molecule has 2 saturated carbocycles. The van der Waals surface area contributed by atoms with E-state index >= 15 is 0 Å². The third-order valence-electron chi connectivity index (χ3n) is 6.94. The Balaban J connectivity index is 1.45. The van der Waals surface area contributed by atoms with E-state index in [0.717, 1.165) is 56.9 Å². The Morgan fingerprint density at radius 3 is 1.91 bits per heavy atom. The molecule has 0 aliphatic heterocycles. The Kier molecular flexibility index (Phi) is 8.95. The lowest BCUT2D eigenvalue weighted by atomic mass is 9.69. The minimum atomic E-state index is -5.70. The van der Waals surface area contributed by atoms with E-state index in [-0.39, 0.29) is 12.0 Å². The Labute approximate surface area is 190 Å². The molecule has 0 radical (unpaired) electrons. The molecular weight excluding hydrogens is 450 g/mol. The van der Waals surface area contributed by atoms with Crippen molar-refractivity contribution in [3.05, 3.63) is 29.8 Å². The summed E-state index contributed by atoms with van der Waals surface area (Å²) < 4.78 is 91.7. The summed E-state index contributed by atoms with van der Waals surface area (Å²) in [6, 6.07) is 5.53. The summed E-state index contributed by atoms with van der Waals surface area (Å²) >= 11 is 0. The van der Waals surface area contributed by atoms with E-state index in [0.29, 0.717) is 25.2 Å². The summed E-state index contributed by atoms with van der Waals surface area (Å²) in [5, 5.41) is 0. The van der Waals surface area contributed by atoms with Gasteiger partial charge < -0.3 is 14.2 Å². The van der Waals surface area contributed by atoms with Crippen molar-refractivity contribution in [1.29, 1.82) is 0 Å². The fourth-order valence-corrected chi connectivity index (χ4v) is 5.09. The van der Waals surface area contributed by atoms with Crippen molar-refractivity contribution < 1.29 is 40.6 Å². The summed E-state index contributed by atoms with van der Waals surface area (Å²) in [6.07, 6.45) is -6.24. The molecule has 0 heterocycles. The van der Waals surface area contributed by atoms with Crippen LogP contribution in [0.3, 0.4) is 0 Å². The first-order valence-electron chi connectivity index (χ1n) is 11.7. The van der Waals surface area contributed by atoms with Gasteiger partial charge in [0.2, 0.25) is 0 Å². The maximum atomic E-state index is 13.4. The molecule has 9 heteroatoms. The molecule has 1 atom stereocenters. The third kappa shape index (κ3) is 7.25. The Bertz CT molecular complexity index is 708. The van der Waals surface area contributed by atoms with Crippen LogP contribution in [-0.4, -0.2) is 38.0 Å². The largest absolute Gasteiger partial charge is 0.439 e. The minimum absolute atomic E-state index is 0.269. The van der Waals surface area contributed by atoms with Gasteiger partial charge in [0, 0.05) is 6.61 Å². The zero-order valence-electron chi connectivity index (χ0n) is 18.8. The van der Waals surface area contributed by atoms with E-state index in [9.17, 15) is 26.3 Å². The normalized spacial score (nSPS) is 27.8. The second-order valence-electron chi connectivity index (χ2n) is 9.06. The molecule has 1 unspecified atom stereocenters. The highest BCUT2D eigenvalue weighted by Crippen LogP contribution is 2.44. The SMILES string of the molecule is CCOCOC1CCC(C2CCC(c3ccc(OC(F)(F)C(F)C(F)(F)F)cc3)CC2)CC1. The highest BCUT2D eigenvalue weighted by molar-refractivity contribution is 5.30. The molecule has 0 bridgehead atoms. The van der Waals surface area contributed by atoms with Gasteiger partial charge in [-0.2, -0.15) is 22.0 Å². The lowest BCUT2D eigenvalue weighted by Gasteiger charge is -2.38. The van der Waals surface area contributed by atoms with E-state index in [1.807, 2.05) is 6.92 Å². The Hall–Kier alpha value is -1.48. The van der Waals surface area contributed by atoms with Crippen molar-refractivity contribution in [2.45, 2.75) is 88.8 Å². The third-order valence-corrected chi connectivity index (χ3v) is 6.94. The number of alkyl halides is 6. The van der Waals surface area contributed by atoms with Gasteiger partial charge >= 0.3 is 12.3 Å². The molecule has 0 saturated heterocycles. The fraction of sp³-hybridized carbons (Fsp3) is 0.750. The minimum Gasteiger partial charge on any atom is -0.430 e. The summed E-state index contributed by atoms with van der Waals surface area (Å²) in [5.74, 6) is 1.14. The number of halogens is 6. The van der Waals surface area contributed by atoms with Crippen LogP contribution in [0.25, 0.3) is 0 Å². The molecule has 0 aromatic heterocycles. The highest BCUT2D eigenvalue weighted by atomic mass is 19.4. The number of hydrogen-bond donors (Lipinski definition) is 0. The summed E-state index contributed by atoms with van der Waals surface area (Å²) in [6.45, 7) is 2.95. The van der Waals surface area contributed by atoms with Gasteiger partial charge in [-0.3, -0.25) is 0 Å². The quantitative estimate of drug-likeness (QED) is 0.209. The molecule has 1 aromatic carbocycles. The average Bonchev–Trinajstić information content (AvgIpc) is 2.79. The van der Waals surface area contributed by atoms with Crippen LogP contribution in [0.15, 0.2) is 24.3 Å². The predicted octanol–water partition coefficient (Wildman–Crippen LogP) is 7.40. The van der Waals surface area contributed by atoms with Gasteiger partial charge in [0.15, 0.2) is 0 Å². The molecule has 0 spiro atoms. The second kappa shape index (κ2) is 11.3. The van der Waals surface area contributed by atoms with Crippen molar-refractivity contribution in [3.8, 4) is 5.75 Å². The molecule has 2 fully saturated rings. The highest BCUT2D eigenvalue weighted by Gasteiger charge is 2.59. The van der Waals surface area contributed by atoms with Gasteiger partial charge in [-0.05, 0) is 93.7 Å². The molecule has 188 valence electrons. The monoisotopic (exact) mass is 482 g/mol. The number of benzene rings is 1. The molecule has 33 heavy (non-hydrogen) atoms. The van der Waals surface area contributed by atoms with Crippen molar-refractivity contribution in [1.82, 2.24) is 0 Å². The molecule has 2 aliphatic carbocycles. The van der Waals surface area contributed by atoms with Gasteiger partial charge in [-0.25, -0.2) is 4.39 Å². The molecule has 1 aromatic rings. The van der Waals surface area contributed by atoms with E-state index < -0.39 is 24.2 Å². The van der Waals surface area contributed by atoms with Gasteiger partial charge in [0.25, 0.3) is 6.17 Å². The first-order valence-corrected chi connectivity index (χ1v) is 11.7. The van der Waals surface area contributed by atoms with Crippen LogP contribution in [0.2, 0.25) is 0 Å². The molecule has 3 rings (SSSR count). The van der Waals surface area contributed by atoms with E-state index in [1.165, 1.54) is 12.1 Å². The molecule has 2 aliphatic rings. The topological polar surface area (TPSA) is 27.7 Å². The van der Waals surface area contributed by atoms with Crippen LogP contribution in [0, 0.1) is 11.8 Å². The number of hydrogen-bond acceptors (Lipinski definition) is 3. The van der Waals surface area contributed by atoms with Gasteiger partial charge in [0.05, 0.1) is 6.10 Å². The molecule has 3 nitrogen and oxygen atoms in total. The lowest BCUT2D eigenvalue weighted by molar-refractivity contribution is -0.304. The smallest absolute Gasteiger partial charge is 0.430 e. The predicted molar refractivity (Wildman–Crippen MR) is 111 cm³/mol. The van der Waals surface area contributed by atoms with Crippen molar-refractivity contribution in [3.63, 3.8) is 0 Å².